The zero-order valence-corrected chi connectivity index (χ0v) is 15.0. The highest BCUT2D eigenvalue weighted by Gasteiger charge is 2.16. The molecule has 2 N–H and O–H groups in total. The Morgan fingerprint density at radius 3 is 2.59 bits per heavy atom. The van der Waals surface area contributed by atoms with Gasteiger partial charge in [-0.2, -0.15) is 0 Å². The molecule has 3 aromatic rings. The van der Waals surface area contributed by atoms with Gasteiger partial charge < -0.3 is 15.4 Å². The summed E-state index contributed by atoms with van der Waals surface area (Å²) in [7, 11) is 0. The maximum atomic E-state index is 12.3. The summed E-state index contributed by atoms with van der Waals surface area (Å²) >= 11 is 0. The van der Waals surface area contributed by atoms with Crippen molar-refractivity contribution in [1.82, 2.24) is 15.6 Å². The standard InChI is InChI=1S/C21H21N3O3/c1-15(24-21(26)27-14-16-7-3-2-4-8-16)20(25)23-13-19-18-10-6-5-9-17(18)11-12-22-19/h2-12,15H,13-14H2,1H3,(H,23,25)(H,24,26). The fourth-order valence-corrected chi connectivity index (χ4v) is 2.65. The van der Waals surface area contributed by atoms with Gasteiger partial charge in [0.25, 0.3) is 0 Å². The van der Waals surface area contributed by atoms with Gasteiger partial charge in [-0.25, -0.2) is 4.79 Å². The Kier molecular flexibility index (Phi) is 5.99. The van der Waals surface area contributed by atoms with E-state index in [4.69, 9.17) is 4.74 Å². The number of carbonyl (C=O) groups excluding carboxylic acids is 2. The predicted molar refractivity (Wildman–Crippen MR) is 103 cm³/mol. The number of aromatic nitrogens is 1. The van der Waals surface area contributed by atoms with Crippen LogP contribution in [0.15, 0.2) is 66.9 Å². The number of alkyl carbamates (subject to hydrolysis) is 1. The number of pyridine rings is 1. The lowest BCUT2D eigenvalue weighted by Gasteiger charge is -2.14. The molecule has 0 fully saturated rings. The van der Waals surface area contributed by atoms with Gasteiger partial charge in [0.05, 0.1) is 12.2 Å². The molecular formula is C21H21N3O3. The fraction of sp³-hybridized carbons (Fsp3) is 0.190. The van der Waals surface area contributed by atoms with Crippen molar-refractivity contribution in [1.29, 1.82) is 0 Å². The number of ether oxygens (including phenoxy) is 1. The molecule has 2 amide bonds. The average molecular weight is 363 g/mol. The molecule has 1 heterocycles. The van der Waals surface area contributed by atoms with Crippen LogP contribution in [0.5, 0.6) is 0 Å². The Balaban J connectivity index is 1.49. The second kappa shape index (κ2) is 8.80. The Bertz CT molecular complexity index is 923. The Hall–Kier alpha value is -3.41. The van der Waals surface area contributed by atoms with Gasteiger partial charge in [-0.3, -0.25) is 9.78 Å². The van der Waals surface area contributed by atoms with Crippen molar-refractivity contribution in [2.24, 2.45) is 0 Å². The van der Waals surface area contributed by atoms with Crippen LogP contribution in [0.2, 0.25) is 0 Å². The minimum atomic E-state index is -0.719. The highest BCUT2D eigenvalue weighted by atomic mass is 16.5. The third-order valence-corrected chi connectivity index (χ3v) is 4.13. The van der Waals surface area contributed by atoms with E-state index >= 15 is 0 Å². The highest BCUT2D eigenvalue weighted by Crippen LogP contribution is 2.15. The molecule has 0 radical (unpaired) electrons. The van der Waals surface area contributed by atoms with E-state index in [-0.39, 0.29) is 19.1 Å². The van der Waals surface area contributed by atoms with E-state index in [0.29, 0.717) is 0 Å². The smallest absolute Gasteiger partial charge is 0.408 e. The number of rotatable bonds is 6. The van der Waals surface area contributed by atoms with Crippen LogP contribution in [-0.4, -0.2) is 23.0 Å². The van der Waals surface area contributed by atoms with Gasteiger partial charge >= 0.3 is 6.09 Å². The van der Waals surface area contributed by atoms with Crippen LogP contribution in [0.1, 0.15) is 18.2 Å². The number of hydrogen-bond donors (Lipinski definition) is 2. The van der Waals surface area contributed by atoms with Crippen molar-refractivity contribution in [3.63, 3.8) is 0 Å². The number of fused-ring (bicyclic) bond motifs is 1. The number of amides is 2. The third-order valence-electron chi connectivity index (χ3n) is 4.13. The van der Waals surface area contributed by atoms with Crippen LogP contribution in [0.4, 0.5) is 4.79 Å². The maximum absolute atomic E-state index is 12.3. The topological polar surface area (TPSA) is 80.3 Å². The number of nitrogens with zero attached hydrogens (tertiary/aromatic N) is 1. The number of hydrogen-bond acceptors (Lipinski definition) is 4. The summed E-state index contributed by atoms with van der Waals surface area (Å²) in [5, 5.41) is 7.38. The molecule has 0 aliphatic carbocycles. The van der Waals surface area contributed by atoms with Gasteiger partial charge in [0.15, 0.2) is 0 Å². The molecule has 0 aliphatic rings. The number of carbonyl (C=O) groups is 2. The van der Waals surface area contributed by atoms with Crippen LogP contribution in [0, 0.1) is 0 Å². The van der Waals surface area contributed by atoms with Gasteiger partial charge in [0.1, 0.15) is 12.6 Å². The molecule has 1 unspecified atom stereocenters. The lowest BCUT2D eigenvalue weighted by molar-refractivity contribution is -0.122. The Morgan fingerprint density at radius 2 is 1.78 bits per heavy atom. The van der Waals surface area contributed by atoms with Crippen molar-refractivity contribution in [3.8, 4) is 0 Å². The van der Waals surface area contributed by atoms with Crippen LogP contribution < -0.4 is 10.6 Å². The van der Waals surface area contributed by atoms with Gasteiger partial charge in [-0.15, -0.1) is 0 Å². The zero-order chi connectivity index (χ0) is 19.1. The second-order valence-corrected chi connectivity index (χ2v) is 6.12. The molecule has 0 spiro atoms. The van der Waals surface area contributed by atoms with Crippen LogP contribution >= 0.6 is 0 Å². The molecule has 2 aromatic carbocycles. The van der Waals surface area contributed by atoms with E-state index in [9.17, 15) is 9.59 Å². The van der Waals surface area contributed by atoms with Gasteiger partial charge in [0, 0.05) is 11.6 Å². The highest BCUT2D eigenvalue weighted by molar-refractivity contribution is 5.87. The molecule has 138 valence electrons. The summed E-state index contributed by atoms with van der Waals surface area (Å²) in [6.07, 6.45) is 1.08. The monoisotopic (exact) mass is 363 g/mol. The van der Waals surface area contributed by atoms with Crippen LogP contribution in [0.3, 0.4) is 0 Å². The van der Waals surface area contributed by atoms with Gasteiger partial charge in [-0.1, -0.05) is 54.6 Å². The summed E-state index contributed by atoms with van der Waals surface area (Å²) in [5.74, 6) is -0.304. The largest absolute Gasteiger partial charge is 0.445 e. The second-order valence-electron chi connectivity index (χ2n) is 6.12. The first-order chi connectivity index (χ1) is 13.1. The van der Waals surface area contributed by atoms with Gasteiger partial charge in [0.2, 0.25) is 5.91 Å². The predicted octanol–water partition coefficient (Wildman–Crippen LogP) is 3.17. The zero-order valence-electron chi connectivity index (χ0n) is 15.0. The first-order valence-electron chi connectivity index (χ1n) is 8.71. The Labute approximate surface area is 157 Å². The molecule has 3 rings (SSSR count). The van der Waals surface area contributed by atoms with E-state index in [0.717, 1.165) is 22.0 Å². The Morgan fingerprint density at radius 1 is 1.04 bits per heavy atom. The van der Waals surface area contributed by atoms with Crippen LogP contribution in [0.25, 0.3) is 10.8 Å². The first kappa shape index (κ1) is 18.4. The summed E-state index contributed by atoms with van der Waals surface area (Å²) in [5.41, 5.74) is 1.66. The van der Waals surface area contributed by atoms with Crippen molar-refractivity contribution in [2.75, 3.05) is 0 Å². The molecule has 1 atom stereocenters. The normalized spacial score (nSPS) is 11.6. The lowest BCUT2D eigenvalue weighted by Crippen LogP contribution is -2.44. The summed E-state index contributed by atoms with van der Waals surface area (Å²) < 4.78 is 5.13. The SMILES string of the molecule is CC(NC(=O)OCc1ccccc1)C(=O)NCc1nccc2ccccc12. The van der Waals surface area contributed by atoms with Crippen molar-refractivity contribution < 1.29 is 14.3 Å². The minimum absolute atomic E-state index is 0.154. The van der Waals surface area contributed by atoms with Crippen molar-refractivity contribution in [3.05, 3.63) is 78.1 Å². The first-order valence-corrected chi connectivity index (χ1v) is 8.71. The molecule has 0 saturated heterocycles. The molecule has 0 saturated carbocycles. The molecule has 0 bridgehead atoms. The molecule has 6 nitrogen and oxygen atoms in total. The number of nitrogens with one attached hydrogen (secondary N) is 2. The van der Waals surface area contributed by atoms with E-state index in [1.54, 1.807) is 13.1 Å². The summed E-state index contributed by atoms with van der Waals surface area (Å²) in [6.45, 7) is 2.04. The molecule has 27 heavy (non-hydrogen) atoms. The van der Waals surface area contributed by atoms with E-state index in [1.807, 2.05) is 60.7 Å². The van der Waals surface area contributed by atoms with E-state index in [2.05, 4.69) is 15.6 Å². The van der Waals surface area contributed by atoms with Crippen LogP contribution in [-0.2, 0) is 22.7 Å². The summed E-state index contributed by atoms with van der Waals surface area (Å²) in [6, 6.07) is 18.4. The van der Waals surface area contributed by atoms with Gasteiger partial charge in [-0.05, 0) is 23.9 Å². The van der Waals surface area contributed by atoms with E-state index in [1.165, 1.54) is 0 Å². The molecule has 6 heteroatoms. The van der Waals surface area contributed by atoms with Crippen molar-refractivity contribution >= 4 is 22.8 Å². The molecular weight excluding hydrogens is 342 g/mol. The maximum Gasteiger partial charge on any atom is 0.408 e. The molecule has 0 aliphatic heterocycles. The minimum Gasteiger partial charge on any atom is -0.445 e. The average Bonchev–Trinajstić information content (AvgIpc) is 2.71. The van der Waals surface area contributed by atoms with E-state index < -0.39 is 12.1 Å². The van der Waals surface area contributed by atoms with Crippen molar-refractivity contribution in [2.45, 2.75) is 26.1 Å². The lowest BCUT2D eigenvalue weighted by atomic mass is 10.1. The number of benzene rings is 2. The third kappa shape index (κ3) is 5.04. The quantitative estimate of drug-likeness (QED) is 0.705. The molecule has 1 aromatic heterocycles. The fourth-order valence-electron chi connectivity index (χ4n) is 2.65. The summed E-state index contributed by atoms with van der Waals surface area (Å²) in [4.78, 5) is 28.4.